The highest BCUT2D eigenvalue weighted by molar-refractivity contribution is 5.72. The predicted molar refractivity (Wildman–Crippen MR) is 102 cm³/mol. The van der Waals surface area contributed by atoms with E-state index in [4.69, 9.17) is 19.6 Å². The first-order valence-electron chi connectivity index (χ1n) is 8.09. The quantitative estimate of drug-likeness (QED) is 0.389. The number of ether oxygens (including phenoxy) is 2. The molecule has 2 aromatic heterocycles. The molecule has 0 saturated carbocycles. The van der Waals surface area contributed by atoms with Crippen LogP contribution in [0.4, 0.5) is 29.0 Å². The summed E-state index contributed by atoms with van der Waals surface area (Å²) in [6.45, 7) is 0.187. The van der Waals surface area contributed by atoms with E-state index in [1.165, 1.54) is 20.5 Å². The fraction of sp³-hybridized carbons (Fsp3) is 0.176. The van der Waals surface area contributed by atoms with Crippen LogP contribution in [0.5, 0.6) is 11.5 Å². The molecule has 0 atom stereocenters. The fourth-order valence-electron chi connectivity index (χ4n) is 2.45. The summed E-state index contributed by atoms with van der Waals surface area (Å²) in [4.78, 5) is 18.9. The number of nitrogens with one attached hydrogen (secondary N) is 2. The van der Waals surface area contributed by atoms with Gasteiger partial charge in [0.05, 0.1) is 37.6 Å². The number of nitrogen functional groups attached to an aromatic ring is 1. The molecule has 2 heterocycles. The maximum atomic E-state index is 11.4. The molecule has 0 saturated heterocycles. The number of anilines is 4. The van der Waals surface area contributed by atoms with E-state index in [1.807, 2.05) is 0 Å². The Morgan fingerprint density at radius 2 is 2.07 bits per heavy atom. The highest BCUT2D eigenvalue weighted by Gasteiger charge is 2.23. The molecule has 0 unspecified atom stereocenters. The zero-order valence-electron chi connectivity index (χ0n) is 15.1. The van der Waals surface area contributed by atoms with Crippen molar-refractivity contribution < 1.29 is 18.8 Å². The Hall–Kier alpha value is -4.02. The van der Waals surface area contributed by atoms with Crippen molar-refractivity contribution in [1.29, 1.82) is 0 Å². The molecule has 0 bridgehead atoms. The van der Waals surface area contributed by atoms with E-state index in [0.717, 1.165) is 0 Å². The van der Waals surface area contributed by atoms with Crippen LogP contribution in [-0.2, 0) is 6.54 Å². The Balaban J connectivity index is 1.94. The third kappa shape index (κ3) is 4.03. The van der Waals surface area contributed by atoms with Crippen molar-refractivity contribution in [3.05, 3.63) is 52.5 Å². The number of hydrogen-bond acceptors (Lipinski definition) is 10. The first-order chi connectivity index (χ1) is 13.5. The van der Waals surface area contributed by atoms with Crippen LogP contribution in [0.15, 0.2) is 41.0 Å². The van der Waals surface area contributed by atoms with Gasteiger partial charge in [0.25, 0.3) is 0 Å². The molecule has 146 valence electrons. The number of nitro groups is 1. The lowest BCUT2D eigenvalue weighted by molar-refractivity contribution is -0.383. The lowest BCUT2D eigenvalue weighted by Gasteiger charge is -2.13. The molecule has 0 spiro atoms. The average Bonchev–Trinajstić information content (AvgIpc) is 3.19. The molecule has 0 fully saturated rings. The van der Waals surface area contributed by atoms with Crippen LogP contribution in [0.2, 0.25) is 0 Å². The first kappa shape index (κ1) is 18.8. The van der Waals surface area contributed by atoms with Crippen molar-refractivity contribution >= 4 is 29.0 Å². The molecule has 3 rings (SSSR count). The summed E-state index contributed by atoms with van der Waals surface area (Å²) in [5.74, 6) is 1.39. The van der Waals surface area contributed by atoms with E-state index >= 15 is 0 Å². The summed E-state index contributed by atoms with van der Waals surface area (Å²) < 4.78 is 15.7. The minimum atomic E-state index is -0.643. The van der Waals surface area contributed by atoms with Gasteiger partial charge < -0.3 is 30.3 Å². The van der Waals surface area contributed by atoms with Crippen LogP contribution >= 0.6 is 0 Å². The van der Waals surface area contributed by atoms with Crippen molar-refractivity contribution in [2.24, 2.45) is 0 Å². The number of rotatable bonds is 8. The van der Waals surface area contributed by atoms with Gasteiger partial charge in [-0.3, -0.25) is 10.1 Å². The van der Waals surface area contributed by atoms with Crippen molar-refractivity contribution in [3.63, 3.8) is 0 Å². The van der Waals surface area contributed by atoms with Gasteiger partial charge in [-0.2, -0.15) is 9.97 Å². The number of nitrogens with two attached hydrogens (primary N) is 1. The molecule has 3 aromatic rings. The van der Waals surface area contributed by atoms with Gasteiger partial charge >= 0.3 is 5.69 Å². The van der Waals surface area contributed by atoms with Gasteiger partial charge in [-0.15, -0.1) is 0 Å². The second-order valence-electron chi connectivity index (χ2n) is 5.51. The molecule has 1 aromatic carbocycles. The normalized spacial score (nSPS) is 10.4. The Bertz CT molecular complexity index is 976. The van der Waals surface area contributed by atoms with Crippen LogP contribution in [0.25, 0.3) is 0 Å². The molecule has 0 aliphatic carbocycles. The summed E-state index contributed by atoms with van der Waals surface area (Å²) in [7, 11) is 3.04. The van der Waals surface area contributed by atoms with E-state index < -0.39 is 10.6 Å². The van der Waals surface area contributed by atoms with Gasteiger partial charge in [0.1, 0.15) is 17.3 Å². The van der Waals surface area contributed by atoms with Gasteiger partial charge in [0.15, 0.2) is 0 Å². The SMILES string of the molecule is COc1ccc(OC)c(Nc2nc(N)c([N+](=O)[O-])c(NCc3ccco3)n2)c1. The van der Waals surface area contributed by atoms with Gasteiger partial charge in [-0.1, -0.05) is 0 Å². The number of benzene rings is 1. The fourth-order valence-corrected chi connectivity index (χ4v) is 2.45. The van der Waals surface area contributed by atoms with E-state index in [2.05, 4.69) is 20.6 Å². The molecule has 4 N–H and O–H groups in total. The van der Waals surface area contributed by atoms with Crippen LogP contribution in [0, 0.1) is 10.1 Å². The highest BCUT2D eigenvalue weighted by Crippen LogP contribution is 2.34. The number of aromatic nitrogens is 2. The number of nitrogens with zero attached hydrogens (tertiary/aromatic N) is 3. The van der Waals surface area contributed by atoms with E-state index in [-0.39, 0.29) is 24.1 Å². The number of hydrogen-bond donors (Lipinski definition) is 3. The Morgan fingerprint density at radius 3 is 2.71 bits per heavy atom. The zero-order chi connectivity index (χ0) is 20.1. The van der Waals surface area contributed by atoms with Crippen LogP contribution in [-0.4, -0.2) is 29.1 Å². The topological polar surface area (TPSA) is 151 Å². The molecular weight excluding hydrogens is 368 g/mol. The van der Waals surface area contributed by atoms with Gasteiger partial charge in [0.2, 0.25) is 17.6 Å². The Kier molecular flexibility index (Phi) is 5.44. The third-order valence-electron chi connectivity index (χ3n) is 3.76. The summed E-state index contributed by atoms with van der Waals surface area (Å²) in [5, 5.41) is 17.2. The highest BCUT2D eigenvalue weighted by atomic mass is 16.6. The van der Waals surface area contributed by atoms with Crippen molar-refractivity contribution in [1.82, 2.24) is 9.97 Å². The van der Waals surface area contributed by atoms with E-state index in [9.17, 15) is 10.1 Å². The second kappa shape index (κ2) is 8.12. The summed E-state index contributed by atoms with van der Waals surface area (Å²) in [6, 6.07) is 8.54. The molecule has 11 nitrogen and oxygen atoms in total. The van der Waals surface area contributed by atoms with Crippen LogP contribution in [0.1, 0.15) is 5.76 Å². The summed E-state index contributed by atoms with van der Waals surface area (Å²) >= 11 is 0. The van der Waals surface area contributed by atoms with Crippen LogP contribution in [0.3, 0.4) is 0 Å². The zero-order valence-corrected chi connectivity index (χ0v) is 15.1. The largest absolute Gasteiger partial charge is 0.497 e. The second-order valence-corrected chi connectivity index (χ2v) is 5.51. The monoisotopic (exact) mass is 386 g/mol. The van der Waals surface area contributed by atoms with Gasteiger partial charge in [0, 0.05) is 6.07 Å². The molecule has 28 heavy (non-hydrogen) atoms. The number of methoxy groups -OCH3 is 2. The lowest BCUT2D eigenvalue weighted by atomic mass is 10.2. The molecule has 0 amide bonds. The summed E-state index contributed by atoms with van der Waals surface area (Å²) in [6.07, 6.45) is 1.50. The minimum Gasteiger partial charge on any atom is -0.497 e. The van der Waals surface area contributed by atoms with Crippen molar-refractivity contribution in [2.75, 3.05) is 30.6 Å². The molecule has 11 heteroatoms. The maximum absolute atomic E-state index is 11.4. The van der Waals surface area contributed by atoms with E-state index in [1.54, 1.807) is 30.3 Å². The molecule has 0 aliphatic rings. The lowest BCUT2D eigenvalue weighted by Crippen LogP contribution is -2.11. The smallest absolute Gasteiger partial charge is 0.353 e. The van der Waals surface area contributed by atoms with Crippen molar-refractivity contribution in [2.45, 2.75) is 6.54 Å². The van der Waals surface area contributed by atoms with E-state index in [0.29, 0.717) is 22.9 Å². The van der Waals surface area contributed by atoms with Crippen LogP contribution < -0.4 is 25.8 Å². The third-order valence-corrected chi connectivity index (χ3v) is 3.76. The molecule has 0 radical (unpaired) electrons. The molecule has 0 aliphatic heterocycles. The van der Waals surface area contributed by atoms with Gasteiger partial charge in [-0.25, -0.2) is 0 Å². The predicted octanol–water partition coefficient (Wildman–Crippen LogP) is 2.93. The summed E-state index contributed by atoms with van der Waals surface area (Å²) in [5.41, 5.74) is 5.89. The number of furan rings is 1. The van der Waals surface area contributed by atoms with Crippen molar-refractivity contribution in [3.8, 4) is 11.5 Å². The van der Waals surface area contributed by atoms with Gasteiger partial charge in [-0.05, 0) is 24.3 Å². The first-order valence-corrected chi connectivity index (χ1v) is 8.09. The minimum absolute atomic E-state index is 0.0433. The maximum Gasteiger partial charge on any atom is 0.353 e. The Morgan fingerprint density at radius 1 is 1.25 bits per heavy atom. The standard InChI is InChI=1S/C17H18N6O5/c1-26-10-5-6-13(27-2)12(8-10)20-17-21-15(18)14(23(24)25)16(22-17)19-9-11-4-3-7-28-11/h3-8H,9H2,1-2H3,(H4,18,19,20,21,22). The Labute approximate surface area is 159 Å². The molecular formula is C17H18N6O5. The average molecular weight is 386 g/mol.